The highest BCUT2D eigenvalue weighted by Gasteiger charge is 2.26. The van der Waals surface area contributed by atoms with Crippen molar-refractivity contribution >= 4 is 17.3 Å². The summed E-state index contributed by atoms with van der Waals surface area (Å²) in [6, 6.07) is 4.68. The number of anilines is 1. The van der Waals surface area contributed by atoms with Crippen LogP contribution in [0.25, 0.3) is 0 Å². The van der Waals surface area contributed by atoms with E-state index in [0.717, 1.165) is 32.5 Å². The molecule has 1 saturated heterocycles. The molecule has 3 rings (SSSR count). The zero-order chi connectivity index (χ0) is 19.4. The number of nitro benzene ring substituents is 1. The second-order valence-corrected chi connectivity index (χ2v) is 7.14. The van der Waals surface area contributed by atoms with Gasteiger partial charge in [-0.2, -0.15) is 0 Å². The van der Waals surface area contributed by atoms with Crippen LogP contribution < -0.4 is 10.2 Å². The van der Waals surface area contributed by atoms with Crippen LogP contribution in [-0.2, 0) is 6.54 Å². The normalized spacial score (nSPS) is 15.1. The first kappa shape index (κ1) is 18.8. The number of carbonyl (C=O) groups excluding carboxylic acids is 1. The fourth-order valence-electron chi connectivity index (χ4n) is 3.37. The first-order chi connectivity index (χ1) is 12.9. The Hall–Kier alpha value is -2.97. The third-order valence-electron chi connectivity index (χ3n) is 4.73. The smallest absolute Gasteiger partial charge is 0.293 e. The Bertz CT molecular complexity index is 797. The zero-order valence-corrected chi connectivity index (χ0v) is 15.5. The van der Waals surface area contributed by atoms with E-state index in [1.807, 2.05) is 29.6 Å². The number of nitrogens with zero attached hydrogens (tertiary/aromatic N) is 5. The molecule has 0 atom stereocenters. The topological polar surface area (TPSA) is 106 Å². The van der Waals surface area contributed by atoms with E-state index in [4.69, 9.17) is 0 Å². The fraction of sp³-hybridized carbons (Fsp3) is 0.500. The maximum atomic E-state index is 12.2. The van der Waals surface area contributed by atoms with Gasteiger partial charge in [-0.15, -0.1) is 5.10 Å². The number of aromatic nitrogens is 3. The summed E-state index contributed by atoms with van der Waals surface area (Å²) in [6.07, 6.45) is 5.35. The van der Waals surface area contributed by atoms with E-state index in [1.165, 1.54) is 6.07 Å². The molecule has 27 heavy (non-hydrogen) atoms. The number of hydrogen-bond acceptors (Lipinski definition) is 6. The molecular weight excluding hydrogens is 348 g/mol. The SMILES string of the molecule is CC(C)NC(=O)c1ccc(N2CCC(Cn3ccnn3)CC2)c([N+](=O)[O-])c1. The summed E-state index contributed by atoms with van der Waals surface area (Å²) in [6.45, 7) is 5.98. The molecule has 1 aromatic heterocycles. The van der Waals surface area contributed by atoms with Crippen molar-refractivity contribution in [2.75, 3.05) is 18.0 Å². The lowest BCUT2D eigenvalue weighted by Crippen LogP contribution is -2.35. The Morgan fingerprint density at radius 3 is 2.70 bits per heavy atom. The van der Waals surface area contributed by atoms with Crippen molar-refractivity contribution in [3.8, 4) is 0 Å². The minimum absolute atomic E-state index is 0.0267. The molecule has 9 nitrogen and oxygen atoms in total. The highest BCUT2D eigenvalue weighted by atomic mass is 16.6. The molecule has 0 spiro atoms. The molecule has 0 aliphatic carbocycles. The molecule has 1 amide bonds. The zero-order valence-electron chi connectivity index (χ0n) is 15.5. The Balaban J connectivity index is 1.71. The van der Waals surface area contributed by atoms with Gasteiger partial charge in [0, 0.05) is 43.5 Å². The number of amides is 1. The van der Waals surface area contributed by atoms with Gasteiger partial charge in [0.15, 0.2) is 0 Å². The molecule has 1 N–H and O–H groups in total. The van der Waals surface area contributed by atoms with Crippen molar-refractivity contribution in [3.05, 3.63) is 46.3 Å². The predicted octanol–water partition coefficient (Wildman–Crippen LogP) is 2.24. The van der Waals surface area contributed by atoms with E-state index in [9.17, 15) is 14.9 Å². The standard InChI is InChI=1S/C18H24N6O3/c1-13(2)20-18(25)15-3-4-16(17(11-15)24(26)27)22-8-5-14(6-9-22)12-23-10-7-19-21-23/h3-4,7,10-11,13-14H,5-6,8-9,12H2,1-2H3,(H,20,25). The molecule has 1 fully saturated rings. The van der Waals surface area contributed by atoms with Crippen LogP contribution in [0.1, 0.15) is 37.0 Å². The first-order valence-corrected chi connectivity index (χ1v) is 9.12. The van der Waals surface area contributed by atoms with Crippen LogP contribution in [-0.4, -0.2) is 45.0 Å². The molecular formula is C18H24N6O3. The molecule has 1 aromatic carbocycles. The van der Waals surface area contributed by atoms with E-state index in [2.05, 4.69) is 15.6 Å². The summed E-state index contributed by atoms with van der Waals surface area (Å²) in [5.41, 5.74) is 0.849. The number of rotatable bonds is 6. The van der Waals surface area contributed by atoms with Crippen LogP contribution in [0.4, 0.5) is 11.4 Å². The Labute approximate surface area is 157 Å². The van der Waals surface area contributed by atoms with Gasteiger partial charge < -0.3 is 10.2 Å². The summed E-state index contributed by atoms with van der Waals surface area (Å²) < 4.78 is 1.82. The number of carbonyl (C=O) groups is 1. The lowest BCUT2D eigenvalue weighted by atomic mass is 9.96. The molecule has 1 aliphatic heterocycles. The fourth-order valence-corrected chi connectivity index (χ4v) is 3.37. The summed E-state index contributed by atoms with van der Waals surface area (Å²) in [5, 5.41) is 22.1. The molecule has 9 heteroatoms. The average Bonchev–Trinajstić information content (AvgIpc) is 3.14. The minimum Gasteiger partial charge on any atom is -0.366 e. The van der Waals surface area contributed by atoms with Crippen LogP contribution in [0.2, 0.25) is 0 Å². The van der Waals surface area contributed by atoms with Crippen molar-refractivity contribution in [3.63, 3.8) is 0 Å². The summed E-state index contributed by atoms with van der Waals surface area (Å²) in [4.78, 5) is 25.3. The number of hydrogen-bond donors (Lipinski definition) is 1. The first-order valence-electron chi connectivity index (χ1n) is 9.12. The Morgan fingerprint density at radius 1 is 1.37 bits per heavy atom. The molecule has 0 unspecified atom stereocenters. The van der Waals surface area contributed by atoms with Gasteiger partial charge in [-0.1, -0.05) is 5.21 Å². The van der Waals surface area contributed by atoms with Gasteiger partial charge in [0.05, 0.1) is 11.1 Å². The van der Waals surface area contributed by atoms with Gasteiger partial charge in [-0.25, -0.2) is 0 Å². The lowest BCUT2D eigenvalue weighted by molar-refractivity contribution is -0.384. The number of benzene rings is 1. The summed E-state index contributed by atoms with van der Waals surface area (Å²) in [7, 11) is 0. The predicted molar refractivity (Wildman–Crippen MR) is 101 cm³/mol. The van der Waals surface area contributed by atoms with Crippen LogP contribution >= 0.6 is 0 Å². The molecule has 2 aromatic rings. The van der Waals surface area contributed by atoms with Gasteiger partial charge in [-0.05, 0) is 44.7 Å². The summed E-state index contributed by atoms with van der Waals surface area (Å²) >= 11 is 0. The highest BCUT2D eigenvalue weighted by molar-refractivity contribution is 5.96. The van der Waals surface area contributed by atoms with Crippen LogP contribution in [0.3, 0.4) is 0 Å². The summed E-state index contributed by atoms with van der Waals surface area (Å²) in [5.74, 6) is 0.171. The quantitative estimate of drug-likeness (QED) is 0.616. The average molecular weight is 372 g/mol. The van der Waals surface area contributed by atoms with E-state index < -0.39 is 4.92 Å². The van der Waals surface area contributed by atoms with Crippen molar-refractivity contribution in [2.24, 2.45) is 5.92 Å². The van der Waals surface area contributed by atoms with Crippen molar-refractivity contribution < 1.29 is 9.72 Å². The van der Waals surface area contributed by atoms with E-state index in [0.29, 0.717) is 17.2 Å². The molecule has 0 radical (unpaired) electrons. The van der Waals surface area contributed by atoms with E-state index in [-0.39, 0.29) is 17.6 Å². The maximum Gasteiger partial charge on any atom is 0.293 e. The monoisotopic (exact) mass is 372 g/mol. The van der Waals surface area contributed by atoms with Gasteiger partial charge in [-0.3, -0.25) is 19.6 Å². The molecule has 0 bridgehead atoms. The number of piperidine rings is 1. The third-order valence-corrected chi connectivity index (χ3v) is 4.73. The largest absolute Gasteiger partial charge is 0.366 e. The maximum absolute atomic E-state index is 12.2. The van der Waals surface area contributed by atoms with Gasteiger partial charge in [0.2, 0.25) is 0 Å². The minimum atomic E-state index is -0.414. The van der Waals surface area contributed by atoms with Crippen molar-refractivity contribution in [1.29, 1.82) is 0 Å². The second-order valence-electron chi connectivity index (χ2n) is 7.14. The Kier molecular flexibility index (Phi) is 5.68. The molecule has 2 heterocycles. The van der Waals surface area contributed by atoms with Gasteiger partial charge in [0.1, 0.15) is 5.69 Å². The number of nitrogens with one attached hydrogen (secondary N) is 1. The number of nitro groups is 1. The molecule has 0 saturated carbocycles. The van der Waals surface area contributed by atoms with Crippen LogP contribution in [0.15, 0.2) is 30.6 Å². The van der Waals surface area contributed by atoms with E-state index >= 15 is 0 Å². The third kappa shape index (κ3) is 4.60. The highest BCUT2D eigenvalue weighted by Crippen LogP contribution is 2.32. The molecule has 144 valence electrons. The molecule has 1 aliphatic rings. The Morgan fingerprint density at radius 2 is 2.11 bits per heavy atom. The van der Waals surface area contributed by atoms with Crippen molar-refractivity contribution in [2.45, 2.75) is 39.3 Å². The van der Waals surface area contributed by atoms with E-state index in [1.54, 1.807) is 18.3 Å². The van der Waals surface area contributed by atoms with Gasteiger partial charge >= 0.3 is 0 Å². The van der Waals surface area contributed by atoms with Crippen LogP contribution in [0.5, 0.6) is 0 Å². The van der Waals surface area contributed by atoms with Gasteiger partial charge in [0.25, 0.3) is 11.6 Å². The van der Waals surface area contributed by atoms with Crippen molar-refractivity contribution in [1.82, 2.24) is 20.3 Å². The lowest BCUT2D eigenvalue weighted by Gasteiger charge is -2.33. The van der Waals surface area contributed by atoms with Crippen LogP contribution in [0, 0.1) is 16.0 Å². The second kappa shape index (κ2) is 8.15.